The predicted molar refractivity (Wildman–Crippen MR) is 144 cm³/mol. The van der Waals surface area contributed by atoms with Gasteiger partial charge in [0.25, 0.3) is 0 Å². The van der Waals surface area contributed by atoms with Crippen molar-refractivity contribution < 1.29 is 27.1 Å². The Bertz CT molecular complexity index is 1240. The molecule has 2 aliphatic carbocycles. The molecule has 3 aliphatic rings. The zero-order valence-electron chi connectivity index (χ0n) is 22.2. The number of hydrogen-bond acceptors (Lipinski definition) is 5. The molecule has 9 heteroatoms. The van der Waals surface area contributed by atoms with E-state index in [9.17, 15) is 27.1 Å². The van der Waals surface area contributed by atoms with Crippen molar-refractivity contribution in [1.82, 2.24) is 9.88 Å². The molecule has 2 saturated carbocycles. The molecule has 0 radical (unpaired) electrons. The molecule has 6 nitrogen and oxygen atoms in total. The molecule has 2 unspecified atom stereocenters. The van der Waals surface area contributed by atoms with Gasteiger partial charge in [0, 0.05) is 6.54 Å². The smallest absolute Gasteiger partial charge is 0.306 e. The molecule has 0 bridgehead atoms. The molecular formula is C30H38F2N2O4S. The van der Waals surface area contributed by atoms with Gasteiger partial charge in [0.05, 0.1) is 17.9 Å². The van der Waals surface area contributed by atoms with E-state index in [0.29, 0.717) is 18.3 Å². The molecule has 212 valence electrons. The minimum absolute atomic E-state index is 0.000178. The second kappa shape index (κ2) is 12.0. The highest BCUT2D eigenvalue weighted by molar-refractivity contribution is 7.91. The Balaban J connectivity index is 1.18. The van der Waals surface area contributed by atoms with Gasteiger partial charge in [-0.3, -0.25) is 4.79 Å². The topological polar surface area (TPSA) is 87.6 Å². The number of halogens is 2. The number of hydrogen-bond donors (Lipinski definition) is 1. The number of benzene rings is 1. The third-order valence-corrected chi connectivity index (χ3v) is 10.8. The van der Waals surface area contributed by atoms with E-state index in [4.69, 9.17) is 0 Å². The van der Waals surface area contributed by atoms with Crippen molar-refractivity contribution in [2.45, 2.75) is 62.3 Å². The molecule has 2 heterocycles. The number of nitrogens with zero attached hydrogens (tertiary/aromatic N) is 2. The van der Waals surface area contributed by atoms with Gasteiger partial charge >= 0.3 is 5.97 Å². The fraction of sp³-hybridized carbons (Fsp3) is 0.600. The SMILES string of the molecule is O=C(O)C(CC1CC1)C1C[C@H](CN2CCC(CCS(=O)(=O)c3ccc(F)cn3)CC2)[C@@H](c2cccc(F)c2)C1. The van der Waals surface area contributed by atoms with Crippen molar-refractivity contribution in [3.05, 3.63) is 59.8 Å². The van der Waals surface area contributed by atoms with Crippen LogP contribution in [0.4, 0.5) is 8.78 Å². The summed E-state index contributed by atoms with van der Waals surface area (Å²) in [7, 11) is -3.55. The Morgan fingerprint density at radius 2 is 1.79 bits per heavy atom. The average molecular weight is 561 g/mol. The minimum Gasteiger partial charge on any atom is -0.481 e. The fourth-order valence-electron chi connectivity index (χ4n) is 6.81. The number of likely N-dealkylation sites (tertiary alicyclic amines) is 1. The number of aliphatic carboxylic acids is 1. The number of piperidine rings is 1. The zero-order valence-corrected chi connectivity index (χ0v) is 23.0. The molecule has 1 saturated heterocycles. The monoisotopic (exact) mass is 560 g/mol. The first-order valence-electron chi connectivity index (χ1n) is 14.2. The summed E-state index contributed by atoms with van der Waals surface area (Å²) in [5.74, 6) is -0.508. The van der Waals surface area contributed by atoms with Gasteiger partial charge in [0.1, 0.15) is 11.6 Å². The maximum absolute atomic E-state index is 14.1. The van der Waals surface area contributed by atoms with Crippen LogP contribution in [-0.4, -0.2) is 54.8 Å². The summed E-state index contributed by atoms with van der Waals surface area (Å²) in [4.78, 5) is 18.3. The van der Waals surface area contributed by atoms with Crippen LogP contribution in [0.3, 0.4) is 0 Å². The first-order chi connectivity index (χ1) is 18.7. The number of aromatic nitrogens is 1. The van der Waals surface area contributed by atoms with E-state index in [2.05, 4.69) is 9.88 Å². The van der Waals surface area contributed by atoms with Gasteiger partial charge in [-0.05, 0) is 111 Å². The Morgan fingerprint density at radius 1 is 1.03 bits per heavy atom. The van der Waals surface area contributed by atoms with E-state index in [1.54, 1.807) is 12.1 Å². The Morgan fingerprint density at radius 3 is 2.44 bits per heavy atom. The summed E-state index contributed by atoms with van der Waals surface area (Å²) in [6.45, 7) is 2.57. The van der Waals surface area contributed by atoms with Crippen molar-refractivity contribution >= 4 is 15.8 Å². The standard InChI is InChI=1S/C30H38F2N2O4S/c31-25-3-1-2-22(16-25)27-17-23(28(30(35)36)14-21-4-5-21)15-24(27)19-34-11-8-20(9-12-34)10-13-39(37,38)29-7-6-26(32)18-33-29/h1-3,6-7,16,18,20-21,23-24,27-28H,4-5,8-15,17,19H2,(H,35,36)/t23?,24-,27-,28?/m1/s1. The number of sulfone groups is 1. The van der Waals surface area contributed by atoms with Crippen molar-refractivity contribution in [3.63, 3.8) is 0 Å². The Labute approximate surface area is 229 Å². The van der Waals surface area contributed by atoms with Gasteiger partial charge in [-0.2, -0.15) is 0 Å². The second-order valence-electron chi connectivity index (χ2n) is 11.9. The molecule has 1 aliphatic heterocycles. The zero-order chi connectivity index (χ0) is 27.6. The number of carboxylic acids is 1. The number of rotatable bonds is 11. The van der Waals surface area contributed by atoms with Crippen LogP contribution in [0, 0.1) is 41.2 Å². The first-order valence-corrected chi connectivity index (χ1v) is 15.9. The van der Waals surface area contributed by atoms with Gasteiger partial charge in [-0.1, -0.05) is 25.0 Å². The molecule has 5 rings (SSSR count). The quantitative estimate of drug-likeness (QED) is 0.388. The molecule has 0 amide bonds. The summed E-state index contributed by atoms with van der Waals surface area (Å²) in [6.07, 6.45) is 7.91. The molecule has 2 aromatic rings. The number of carboxylic acid groups (broad SMARTS) is 1. The van der Waals surface area contributed by atoms with Crippen LogP contribution in [0.15, 0.2) is 47.6 Å². The predicted octanol–water partition coefficient (Wildman–Crippen LogP) is 5.55. The van der Waals surface area contributed by atoms with Gasteiger partial charge in [0.15, 0.2) is 14.9 Å². The molecule has 1 aromatic heterocycles. The summed E-state index contributed by atoms with van der Waals surface area (Å²) >= 11 is 0. The van der Waals surface area contributed by atoms with Crippen LogP contribution in [0.25, 0.3) is 0 Å². The van der Waals surface area contributed by atoms with Crippen LogP contribution < -0.4 is 0 Å². The molecular weight excluding hydrogens is 522 g/mol. The first kappa shape index (κ1) is 28.1. The summed E-state index contributed by atoms with van der Waals surface area (Å²) in [5, 5.41) is 9.93. The fourth-order valence-corrected chi connectivity index (χ4v) is 8.15. The van der Waals surface area contributed by atoms with Gasteiger partial charge in [-0.15, -0.1) is 0 Å². The molecule has 39 heavy (non-hydrogen) atoms. The lowest BCUT2D eigenvalue weighted by molar-refractivity contribution is -0.144. The molecule has 3 fully saturated rings. The average Bonchev–Trinajstić information content (AvgIpc) is 3.65. The van der Waals surface area contributed by atoms with Crippen molar-refractivity contribution in [1.29, 1.82) is 0 Å². The summed E-state index contributed by atoms with van der Waals surface area (Å²) < 4.78 is 52.5. The normalized spacial score (nSPS) is 25.5. The highest BCUT2D eigenvalue weighted by Crippen LogP contribution is 2.49. The maximum Gasteiger partial charge on any atom is 0.306 e. The Hall–Kier alpha value is -2.39. The largest absolute Gasteiger partial charge is 0.481 e. The van der Waals surface area contributed by atoms with Gasteiger partial charge in [0.2, 0.25) is 0 Å². The van der Waals surface area contributed by atoms with Crippen LogP contribution in [0.5, 0.6) is 0 Å². The van der Waals surface area contributed by atoms with E-state index >= 15 is 0 Å². The lowest BCUT2D eigenvalue weighted by Crippen LogP contribution is -2.38. The van der Waals surface area contributed by atoms with E-state index in [0.717, 1.165) is 82.4 Å². The third-order valence-electron chi connectivity index (χ3n) is 9.19. The highest BCUT2D eigenvalue weighted by atomic mass is 32.2. The van der Waals surface area contributed by atoms with Gasteiger partial charge in [-0.25, -0.2) is 22.2 Å². The summed E-state index contributed by atoms with van der Waals surface area (Å²) in [6, 6.07) is 9.12. The summed E-state index contributed by atoms with van der Waals surface area (Å²) in [5.41, 5.74) is 0.965. The molecule has 0 spiro atoms. The lowest BCUT2D eigenvalue weighted by atomic mass is 9.85. The van der Waals surface area contributed by atoms with Crippen LogP contribution in [0.1, 0.15) is 62.8 Å². The van der Waals surface area contributed by atoms with Crippen molar-refractivity contribution in [2.75, 3.05) is 25.4 Å². The van der Waals surface area contributed by atoms with Crippen molar-refractivity contribution in [3.8, 4) is 0 Å². The molecule has 1 aromatic carbocycles. The lowest BCUT2D eigenvalue weighted by Gasteiger charge is -2.35. The Kier molecular flexibility index (Phi) is 8.66. The highest BCUT2D eigenvalue weighted by Gasteiger charge is 2.43. The number of pyridine rings is 1. The molecule has 4 atom stereocenters. The van der Waals surface area contributed by atoms with E-state index < -0.39 is 21.6 Å². The number of carbonyl (C=O) groups is 1. The maximum atomic E-state index is 14.1. The van der Waals surface area contributed by atoms with Gasteiger partial charge < -0.3 is 10.0 Å². The van der Waals surface area contributed by atoms with Crippen molar-refractivity contribution in [2.24, 2.45) is 29.6 Å². The van der Waals surface area contributed by atoms with Crippen LogP contribution >= 0.6 is 0 Å². The third kappa shape index (κ3) is 7.23. The van der Waals surface area contributed by atoms with E-state index in [-0.39, 0.29) is 40.3 Å². The van der Waals surface area contributed by atoms with Crippen LogP contribution in [0.2, 0.25) is 0 Å². The molecule has 1 N–H and O–H groups in total. The minimum atomic E-state index is -3.55. The second-order valence-corrected chi connectivity index (χ2v) is 14.0. The van der Waals surface area contributed by atoms with E-state index in [1.807, 2.05) is 6.07 Å². The van der Waals surface area contributed by atoms with E-state index in [1.165, 1.54) is 12.1 Å². The van der Waals surface area contributed by atoms with Crippen LogP contribution in [-0.2, 0) is 14.6 Å².